The van der Waals surface area contributed by atoms with Crippen molar-refractivity contribution in [3.05, 3.63) is 23.6 Å². The summed E-state index contributed by atoms with van der Waals surface area (Å²) >= 11 is 0. The maximum atomic E-state index is 13.6. The Hall–Kier alpha value is -2.22. The largest absolute Gasteiger partial charge is 0.383 e. The normalized spacial score (nSPS) is 11.8. The minimum absolute atomic E-state index is 0.256. The van der Waals surface area contributed by atoms with Crippen LogP contribution in [-0.4, -0.2) is 43.1 Å². The van der Waals surface area contributed by atoms with E-state index in [2.05, 4.69) is 15.6 Å². The monoisotopic (exact) mass is 284 g/mol. The number of nitrogens with zero attached hydrogens (tertiary/aromatic N) is 1. The molecule has 0 aromatic carbocycles. The number of hydrogen-bond acceptors (Lipinski definition) is 5. The molecule has 2 amide bonds. The first-order valence-corrected chi connectivity index (χ1v) is 5.94. The standard InChI is InChI=1S/C12H17FN4O3/c1-7(11(18)16-5-6-20-2)17-12(19)8-3-4-15-10(14)9(8)13/h3-4,7H,5-6H2,1-2H3,(H2,14,15)(H,16,18)(H,17,19). The molecule has 1 aromatic heterocycles. The van der Waals surface area contributed by atoms with Crippen molar-refractivity contribution in [2.45, 2.75) is 13.0 Å². The number of rotatable bonds is 6. The highest BCUT2D eigenvalue weighted by Crippen LogP contribution is 2.11. The second kappa shape index (κ2) is 7.39. The fraction of sp³-hybridized carbons (Fsp3) is 0.417. The van der Waals surface area contributed by atoms with E-state index in [1.165, 1.54) is 26.3 Å². The predicted molar refractivity (Wildman–Crippen MR) is 70.4 cm³/mol. The Balaban J connectivity index is 2.61. The summed E-state index contributed by atoms with van der Waals surface area (Å²) in [6, 6.07) is 0.379. The molecule has 1 aromatic rings. The summed E-state index contributed by atoms with van der Waals surface area (Å²) in [6.07, 6.45) is 1.22. The molecule has 0 saturated heterocycles. The van der Waals surface area contributed by atoms with Crippen LogP contribution in [0.3, 0.4) is 0 Å². The van der Waals surface area contributed by atoms with Gasteiger partial charge in [0.2, 0.25) is 5.91 Å². The quantitative estimate of drug-likeness (QED) is 0.621. The van der Waals surface area contributed by atoms with Crippen LogP contribution < -0.4 is 16.4 Å². The lowest BCUT2D eigenvalue weighted by molar-refractivity contribution is -0.122. The van der Waals surface area contributed by atoms with E-state index in [9.17, 15) is 14.0 Å². The van der Waals surface area contributed by atoms with E-state index < -0.39 is 23.7 Å². The number of nitrogens with two attached hydrogens (primary N) is 1. The molecule has 1 unspecified atom stereocenters. The zero-order valence-electron chi connectivity index (χ0n) is 11.3. The minimum atomic E-state index is -0.906. The Kier molecular flexibility index (Phi) is 5.85. The fourth-order valence-electron chi connectivity index (χ4n) is 1.40. The number of halogens is 1. The number of nitrogens with one attached hydrogen (secondary N) is 2. The second-order valence-corrected chi connectivity index (χ2v) is 4.04. The van der Waals surface area contributed by atoms with Crippen molar-refractivity contribution in [1.82, 2.24) is 15.6 Å². The number of carbonyl (C=O) groups is 2. The van der Waals surface area contributed by atoms with Crippen molar-refractivity contribution in [2.75, 3.05) is 26.0 Å². The number of nitrogen functional groups attached to an aromatic ring is 1. The van der Waals surface area contributed by atoms with E-state index in [1.807, 2.05) is 0 Å². The fourth-order valence-corrected chi connectivity index (χ4v) is 1.40. The Morgan fingerprint density at radius 3 is 2.90 bits per heavy atom. The number of anilines is 1. The number of carbonyl (C=O) groups excluding carboxylic acids is 2. The van der Waals surface area contributed by atoms with E-state index in [4.69, 9.17) is 10.5 Å². The topological polar surface area (TPSA) is 106 Å². The molecule has 8 heteroatoms. The third-order valence-electron chi connectivity index (χ3n) is 2.51. The summed E-state index contributed by atoms with van der Waals surface area (Å²) < 4.78 is 18.4. The number of hydrogen-bond donors (Lipinski definition) is 3. The van der Waals surface area contributed by atoms with E-state index in [0.717, 1.165) is 0 Å². The highest BCUT2D eigenvalue weighted by molar-refractivity contribution is 5.98. The molecular formula is C12H17FN4O3. The Bertz CT molecular complexity index is 496. The number of aromatic nitrogens is 1. The summed E-state index contributed by atoms with van der Waals surface area (Å²) in [5.74, 6) is -2.39. The van der Waals surface area contributed by atoms with Gasteiger partial charge in [0.25, 0.3) is 5.91 Å². The highest BCUT2D eigenvalue weighted by Gasteiger charge is 2.19. The Morgan fingerprint density at radius 1 is 1.55 bits per heavy atom. The first-order chi connectivity index (χ1) is 9.47. The lowest BCUT2D eigenvalue weighted by Crippen LogP contribution is -2.45. The van der Waals surface area contributed by atoms with Gasteiger partial charge in [0.1, 0.15) is 6.04 Å². The SMILES string of the molecule is COCCNC(=O)C(C)NC(=O)c1ccnc(N)c1F. The molecule has 20 heavy (non-hydrogen) atoms. The molecule has 1 rings (SSSR count). The van der Waals surface area contributed by atoms with Crippen LogP contribution in [0.25, 0.3) is 0 Å². The van der Waals surface area contributed by atoms with Crippen molar-refractivity contribution in [2.24, 2.45) is 0 Å². The van der Waals surface area contributed by atoms with Crippen molar-refractivity contribution < 1.29 is 18.7 Å². The zero-order valence-corrected chi connectivity index (χ0v) is 11.3. The Morgan fingerprint density at radius 2 is 2.25 bits per heavy atom. The van der Waals surface area contributed by atoms with Gasteiger partial charge in [-0.15, -0.1) is 0 Å². The minimum Gasteiger partial charge on any atom is -0.383 e. The molecule has 1 atom stereocenters. The smallest absolute Gasteiger partial charge is 0.255 e. The zero-order chi connectivity index (χ0) is 15.1. The van der Waals surface area contributed by atoms with Gasteiger partial charge in [0.15, 0.2) is 11.6 Å². The van der Waals surface area contributed by atoms with E-state index >= 15 is 0 Å². The van der Waals surface area contributed by atoms with E-state index in [-0.39, 0.29) is 11.4 Å². The van der Waals surface area contributed by atoms with Crippen LogP contribution in [0.5, 0.6) is 0 Å². The van der Waals surface area contributed by atoms with Crippen LogP contribution in [-0.2, 0) is 9.53 Å². The van der Waals surface area contributed by atoms with Gasteiger partial charge in [-0.3, -0.25) is 9.59 Å². The average molecular weight is 284 g/mol. The molecule has 0 aliphatic rings. The van der Waals surface area contributed by atoms with Gasteiger partial charge in [-0.1, -0.05) is 0 Å². The maximum absolute atomic E-state index is 13.6. The summed E-state index contributed by atoms with van der Waals surface area (Å²) in [6.45, 7) is 2.18. The molecule has 0 aliphatic heterocycles. The van der Waals surface area contributed by atoms with Crippen LogP contribution in [0.4, 0.5) is 10.2 Å². The van der Waals surface area contributed by atoms with Gasteiger partial charge in [0.05, 0.1) is 12.2 Å². The van der Waals surface area contributed by atoms with Crippen molar-refractivity contribution >= 4 is 17.6 Å². The van der Waals surface area contributed by atoms with Gasteiger partial charge in [-0.2, -0.15) is 0 Å². The average Bonchev–Trinajstić information content (AvgIpc) is 2.41. The van der Waals surface area contributed by atoms with Gasteiger partial charge >= 0.3 is 0 Å². The number of ether oxygens (including phenoxy) is 1. The number of methoxy groups -OCH3 is 1. The summed E-state index contributed by atoms with van der Waals surface area (Å²) in [5.41, 5.74) is 5.02. The summed E-state index contributed by atoms with van der Waals surface area (Å²) in [5, 5.41) is 4.93. The Labute approximate surface area is 115 Å². The highest BCUT2D eigenvalue weighted by atomic mass is 19.1. The third-order valence-corrected chi connectivity index (χ3v) is 2.51. The van der Waals surface area contributed by atoms with Gasteiger partial charge in [-0.25, -0.2) is 9.37 Å². The van der Waals surface area contributed by atoms with Crippen molar-refractivity contribution in [3.8, 4) is 0 Å². The lowest BCUT2D eigenvalue weighted by Gasteiger charge is -2.14. The van der Waals surface area contributed by atoms with Gasteiger partial charge in [-0.05, 0) is 13.0 Å². The van der Waals surface area contributed by atoms with Gasteiger partial charge < -0.3 is 21.1 Å². The molecular weight excluding hydrogens is 267 g/mol. The molecule has 0 bridgehead atoms. The molecule has 0 aliphatic carbocycles. The van der Waals surface area contributed by atoms with Gasteiger partial charge in [0, 0.05) is 19.9 Å². The molecule has 1 heterocycles. The van der Waals surface area contributed by atoms with Crippen molar-refractivity contribution in [3.63, 3.8) is 0 Å². The number of pyridine rings is 1. The first kappa shape index (κ1) is 15.8. The first-order valence-electron chi connectivity index (χ1n) is 5.94. The maximum Gasteiger partial charge on any atom is 0.255 e. The molecule has 4 N–H and O–H groups in total. The molecule has 0 fully saturated rings. The molecule has 0 radical (unpaired) electrons. The summed E-state index contributed by atoms with van der Waals surface area (Å²) in [4.78, 5) is 27.0. The molecule has 0 saturated carbocycles. The van der Waals surface area contributed by atoms with Crippen LogP contribution in [0.1, 0.15) is 17.3 Å². The predicted octanol–water partition coefficient (Wildman–Crippen LogP) is -0.316. The van der Waals surface area contributed by atoms with E-state index in [0.29, 0.717) is 13.2 Å². The van der Waals surface area contributed by atoms with Crippen LogP contribution in [0.15, 0.2) is 12.3 Å². The van der Waals surface area contributed by atoms with Crippen molar-refractivity contribution in [1.29, 1.82) is 0 Å². The van der Waals surface area contributed by atoms with Crippen LogP contribution in [0, 0.1) is 5.82 Å². The third kappa shape index (κ3) is 4.16. The molecule has 7 nitrogen and oxygen atoms in total. The summed E-state index contributed by atoms with van der Waals surface area (Å²) in [7, 11) is 1.51. The van der Waals surface area contributed by atoms with Crippen LogP contribution >= 0.6 is 0 Å². The second-order valence-electron chi connectivity index (χ2n) is 4.04. The molecule has 0 spiro atoms. The lowest BCUT2D eigenvalue weighted by atomic mass is 10.2. The van der Waals surface area contributed by atoms with Crippen LogP contribution in [0.2, 0.25) is 0 Å². The number of amides is 2. The van der Waals surface area contributed by atoms with E-state index in [1.54, 1.807) is 0 Å². The molecule has 110 valence electrons.